The molecule has 60 valence electrons. The molecule has 0 atom stereocenters. The third-order valence-electron chi connectivity index (χ3n) is 1.08. The van der Waals surface area contributed by atoms with Crippen LogP contribution in [-0.2, 0) is 5.92 Å². The second-order valence-corrected chi connectivity index (χ2v) is 2.50. The summed E-state index contributed by atoms with van der Waals surface area (Å²) in [7, 11) is 0. The van der Waals surface area contributed by atoms with Gasteiger partial charge in [-0.15, -0.1) is 0 Å². The fraction of sp³-hybridized carbons (Fsp3) is 0.333. The van der Waals surface area contributed by atoms with E-state index in [9.17, 15) is 8.78 Å². The SMILES string of the molecule is CC(F)(F)c1cc(Cl)ncn1. The molecule has 0 aliphatic heterocycles. The van der Waals surface area contributed by atoms with Crippen LogP contribution in [0, 0.1) is 0 Å². The Morgan fingerprint density at radius 1 is 1.45 bits per heavy atom. The molecule has 0 aromatic carbocycles. The van der Waals surface area contributed by atoms with Crippen molar-refractivity contribution < 1.29 is 8.78 Å². The predicted octanol–water partition coefficient (Wildman–Crippen LogP) is 2.24. The molecule has 0 aliphatic rings. The zero-order chi connectivity index (χ0) is 8.48. The first kappa shape index (κ1) is 8.33. The average Bonchev–Trinajstić information content (AvgIpc) is 1.86. The summed E-state index contributed by atoms with van der Waals surface area (Å²) in [5, 5.41) is 0.0246. The fourth-order valence-corrected chi connectivity index (χ4v) is 0.721. The topological polar surface area (TPSA) is 25.8 Å². The quantitative estimate of drug-likeness (QED) is 0.617. The molecular weight excluding hydrogens is 174 g/mol. The number of hydrogen-bond acceptors (Lipinski definition) is 2. The van der Waals surface area contributed by atoms with E-state index in [2.05, 4.69) is 9.97 Å². The Labute approximate surface area is 67.2 Å². The van der Waals surface area contributed by atoms with Crippen LogP contribution in [0.2, 0.25) is 5.15 Å². The van der Waals surface area contributed by atoms with Gasteiger partial charge in [0.15, 0.2) is 0 Å². The summed E-state index contributed by atoms with van der Waals surface area (Å²) in [6.07, 6.45) is 1.01. The highest BCUT2D eigenvalue weighted by Gasteiger charge is 2.26. The van der Waals surface area contributed by atoms with Gasteiger partial charge in [0, 0.05) is 13.0 Å². The Morgan fingerprint density at radius 3 is 2.45 bits per heavy atom. The van der Waals surface area contributed by atoms with Crippen LogP contribution in [-0.4, -0.2) is 9.97 Å². The summed E-state index contributed by atoms with van der Waals surface area (Å²) in [6.45, 7) is 0.756. The average molecular weight is 179 g/mol. The smallest absolute Gasteiger partial charge is 0.235 e. The molecule has 0 spiro atoms. The van der Waals surface area contributed by atoms with Crippen LogP contribution >= 0.6 is 11.6 Å². The van der Waals surface area contributed by atoms with Crippen LogP contribution in [0.25, 0.3) is 0 Å². The molecule has 11 heavy (non-hydrogen) atoms. The minimum Gasteiger partial charge on any atom is -0.235 e. The maximum absolute atomic E-state index is 12.5. The van der Waals surface area contributed by atoms with Crippen LogP contribution in [0.5, 0.6) is 0 Å². The lowest BCUT2D eigenvalue weighted by Crippen LogP contribution is -2.09. The molecule has 0 radical (unpaired) electrons. The van der Waals surface area contributed by atoms with Crippen molar-refractivity contribution in [1.82, 2.24) is 9.97 Å². The van der Waals surface area contributed by atoms with Crippen LogP contribution in [0.3, 0.4) is 0 Å². The molecule has 0 saturated heterocycles. The predicted molar refractivity (Wildman–Crippen MR) is 36.6 cm³/mol. The highest BCUT2D eigenvalue weighted by molar-refractivity contribution is 6.29. The van der Waals surface area contributed by atoms with Crippen molar-refractivity contribution in [2.45, 2.75) is 12.8 Å². The van der Waals surface area contributed by atoms with Gasteiger partial charge in [0.05, 0.1) is 0 Å². The fourth-order valence-electron chi connectivity index (χ4n) is 0.574. The van der Waals surface area contributed by atoms with Crippen molar-refractivity contribution in [3.63, 3.8) is 0 Å². The largest absolute Gasteiger partial charge is 0.287 e. The monoisotopic (exact) mass is 178 g/mol. The van der Waals surface area contributed by atoms with Gasteiger partial charge in [0.25, 0.3) is 5.92 Å². The molecular formula is C6H5ClF2N2. The van der Waals surface area contributed by atoms with E-state index in [-0.39, 0.29) is 10.8 Å². The van der Waals surface area contributed by atoms with Gasteiger partial charge in [-0.1, -0.05) is 11.6 Å². The molecule has 1 aromatic rings. The Bertz CT molecular complexity index is 259. The van der Waals surface area contributed by atoms with Gasteiger partial charge in [0.1, 0.15) is 17.2 Å². The lowest BCUT2D eigenvalue weighted by molar-refractivity contribution is 0.0126. The second-order valence-electron chi connectivity index (χ2n) is 2.11. The van der Waals surface area contributed by atoms with Gasteiger partial charge in [-0.3, -0.25) is 0 Å². The normalized spacial score (nSPS) is 11.6. The highest BCUT2D eigenvalue weighted by Crippen LogP contribution is 2.25. The van der Waals surface area contributed by atoms with Crippen molar-refractivity contribution in [1.29, 1.82) is 0 Å². The van der Waals surface area contributed by atoms with E-state index in [1.165, 1.54) is 0 Å². The first-order chi connectivity index (χ1) is 5.00. The molecule has 1 aromatic heterocycles. The number of aromatic nitrogens is 2. The third kappa shape index (κ3) is 2.08. The second kappa shape index (κ2) is 2.70. The Morgan fingerprint density at radius 2 is 2.09 bits per heavy atom. The van der Waals surface area contributed by atoms with Crippen LogP contribution in [0.1, 0.15) is 12.6 Å². The molecule has 0 amide bonds. The molecule has 0 bridgehead atoms. The lowest BCUT2D eigenvalue weighted by Gasteiger charge is -2.07. The first-order valence-corrected chi connectivity index (χ1v) is 3.24. The molecule has 1 heterocycles. The van der Waals surface area contributed by atoms with E-state index in [4.69, 9.17) is 11.6 Å². The van der Waals surface area contributed by atoms with Gasteiger partial charge in [-0.05, 0) is 0 Å². The highest BCUT2D eigenvalue weighted by atomic mass is 35.5. The van der Waals surface area contributed by atoms with Crippen molar-refractivity contribution >= 4 is 11.6 Å². The molecule has 0 saturated carbocycles. The molecule has 0 fully saturated rings. The van der Waals surface area contributed by atoms with Gasteiger partial charge in [-0.2, -0.15) is 8.78 Å². The van der Waals surface area contributed by atoms with Crippen molar-refractivity contribution in [3.05, 3.63) is 23.2 Å². The summed E-state index contributed by atoms with van der Waals surface area (Å²) in [4.78, 5) is 6.84. The van der Waals surface area contributed by atoms with Gasteiger partial charge in [0.2, 0.25) is 0 Å². The third-order valence-corrected chi connectivity index (χ3v) is 1.29. The number of rotatable bonds is 1. The van der Waals surface area contributed by atoms with Crippen LogP contribution in [0.4, 0.5) is 8.78 Å². The van der Waals surface area contributed by atoms with Crippen LogP contribution < -0.4 is 0 Å². The minimum absolute atomic E-state index is 0.0246. The lowest BCUT2D eigenvalue weighted by atomic mass is 10.3. The van der Waals surface area contributed by atoms with Crippen molar-refractivity contribution in [2.24, 2.45) is 0 Å². The van der Waals surface area contributed by atoms with E-state index < -0.39 is 5.92 Å². The number of halogens is 3. The van der Waals surface area contributed by atoms with E-state index in [0.29, 0.717) is 0 Å². The number of nitrogens with zero attached hydrogens (tertiary/aromatic N) is 2. The molecule has 0 N–H and O–H groups in total. The van der Waals surface area contributed by atoms with E-state index >= 15 is 0 Å². The Kier molecular flexibility index (Phi) is 2.04. The molecule has 1 rings (SSSR count). The van der Waals surface area contributed by atoms with Crippen LogP contribution in [0.15, 0.2) is 12.4 Å². The van der Waals surface area contributed by atoms with Crippen molar-refractivity contribution in [3.8, 4) is 0 Å². The van der Waals surface area contributed by atoms with E-state index in [0.717, 1.165) is 19.3 Å². The van der Waals surface area contributed by atoms with Crippen molar-refractivity contribution in [2.75, 3.05) is 0 Å². The summed E-state index contributed by atoms with van der Waals surface area (Å²) in [5.74, 6) is -2.95. The van der Waals surface area contributed by atoms with Gasteiger partial charge >= 0.3 is 0 Å². The van der Waals surface area contributed by atoms with E-state index in [1.807, 2.05) is 0 Å². The maximum atomic E-state index is 12.5. The Hall–Kier alpha value is -0.770. The summed E-state index contributed by atoms with van der Waals surface area (Å²) < 4.78 is 25.0. The number of alkyl halides is 2. The molecule has 0 aliphatic carbocycles. The summed E-state index contributed by atoms with van der Waals surface area (Å²) in [6, 6.07) is 1.04. The molecule has 0 unspecified atom stereocenters. The van der Waals surface area contributed by atoms with E-state index in [1.54, 1.807) is 0 Å². The first-order valence-electron chi connectivity index (χ1n) is 2.86. The summed E-state index contributed by atoms with van der Waals surface area (Å²) >= 11 is 5.37. The minimum atomic E-state index is -2.95. The number of hydrogen-bond donors (Lipinski definition) is 0. The summed E-state index contributed by atoms with van der Waals surface area (Å²) in [5.41, 5.74) is -0.363. The Balaban J connectivity index is 3.06. The van der Waals surface area contributed by atoms with Gasteiger partial charge < -0.3 is 0 Å². The molecule has 5 heteroatoms. The zero-order valence-corrected chi connectivity index (χ0v) is 6.44. The standard InChI is InChI=1S/C6H5ClF2N2/c1-6(8,9)4-2-5(7)11-3-10-4/h2-3H,1H3. The molecule has 2 nitrogen and oxygen atoms in total. The maximum Gasteiger partial charge on any atom is 0.287 e. The van der Waals surface area contributed by atoms with Gasteiger partial charge in [-0.25, -0.2) is 9.97 Å². The zero-order valence-electron chi connectivity index (χ0n) is 5.68.